The van der Waals surface area contributed by atoms with Gasteiger partial charge in [-0.15, -0.1) is 0 Å². The summed E-state index contributed by atoms with van der Waals surface area (Å²) in [6.07, 6.45) is 90.8. The van der Waals surface area contributed by atoms with E-state index < -0.39 is 12.1 Å². The number of aliphatic hydroxyl groups is 2. The molecule has 0 aromatic rings. The lowest BCUT2D eigenvalue weighted by molar-refractivity contribution is -0.143. The number of rotatable bonds is 69. The molecule has 0 spiro atoms. The van der Waals surface area contributed by atoms with Crippen molar-refractivity contribution in [2.45, 2.75) is 418 Å². The van der Waals surface area contributed by atoms with Crippen molar-refractivity contribution in [2.24, 2.45) is 0 Å². The van der Waals surface area contributed by atoms with Gasteiger partial charge in [0, 0.05) is 12.8 Å². The lowest BCUT2D eigenvalue weighted by Gasteiger charge is -2.22. The fourth-order valence-electron chi connectivity index (χ4n) is 11.6. The highest BCUT2D eigenvalue weighted by atomic mass is 16.5. The predicted octanol–water partition coefficient (Wildman–Crippen LogP) is 23.9. The van der Waals surface area contributed by atoms with Gasteiger partial charge in [-0.2, -0.15) is 0 Å². The molecule has 0 aliphatic carbocycles. The average molecular weight is 1140 g/mol. The highest BCUT2D eigenvalue weighted by Gasteiger charge is 2.20. The zero-order valence-corrected chi connectivity index (χ0v) is 54.8. The minimum absolute atomic E-state index is 0.0104. The molecule has 0 heterocycles. The van der Waals surface area contributed by atoms with E-state index in [1.165, 1.54) is 321 Å². The summed E-state index contributed by atoms with van der Waals surface area (Å²) >= 11 is 0. The van der Waals surface area contributed by atoms with E-state index in [1.807, 2.05) is 0 Å². The quantitative estimate of drug-likeness (QED) is 0.0320. The number of ether oxygens (including phenoxy) is 1. The molecule has 0 bridgehead atoms. The van der Waals surface area contributed by atoms with Crippen molar-refractivity contribution in [2.75, 3.05) is 13.2 Å². The van der Waals surface area contributed by atoms with Gasteiger partial charge in [-0.25, -0.2) is 0 Å². The summed E-state index contributed by atoms with van der Waals surface area (Å²) in [6.45, 7) is 4.95. The fourth-order valence-corrected chi connectivity index (χ4v) is 11.6. The van der Waals surface area contributed by atoms with Crippen molar-refractivity contribution in [1.29, 1.82) is 0 Å². The molecule has 1 amide bonds. The number of carbonyl (C=O) groups is 2. The summed E-state index contributed by atoms with van der Waals surface area (Å²) < 4.78 is 5.48. The molecule has 0 rings (SSSR count). The smallest absolute Gasteiger partial charge is 0.305 e. The molecule has 0 aromatic carbocycles. The second-order valence-electron chi connectivity index (χ2n) is 25.3. The highest BCUT2D eigenvalue weighted by Crippen LogP contribution is 2.19. The second-order valence-corrected chi connectivity index (χ2v) is 25.3. The number of hydrogen-bond donors (Lipinski definition) is 3. The van der Waals surface area contributed by atoms with Gasteiger partial charge in [0.15, 0.2) is 0 Å². The summed E-state index contributed by atoms with van der Waals surface area (Å²) in [4.78, 5) is 24.5. The number of aliphatic hydroxyl groups excluding tert-OH is 2. The SMILES string of the molecule is CCCCC/C=C\CCCCCCCC(=O)OCCCCCCCCCCCCCCCCC/C=C\C/C=C\CCCCCCCCCCCCCCCCCCCC(=O)NC(CO)C(O)CCCCCCCCCCCCCCC. The molecule has 3 N–H and O–H groups in total. The van der Waals surface area contributed by atoms with Crippen molar-refractivity contribution in [3.63, 3.8) is 0 Å². The molecule has 0 saturated heterocycles. The van der Waals surface area contributed by atoms with Crippen LogP contribution in [0.5, 0.6) is 0 Å². The summed E-state index contributed by atoms with van der Waals surface area (Å²) in [7, 11) is 0. The summed E-state index contributed by atoms with van der Waals surface area (Å²) in [5.74, 6) is -0.0195. The van der Waals surface area contributed by atoms with E-state index in [2.05, 4.69) is 55.6 Å². The molecule has 81 heavy (non-hydrogen) atoms. The molecule has 0 fully saturated rings. The molecule has 0 aliphatic heterocycles. The molecule has 478 valence electrons. The van der Waals surface area contributed by atoms with Crippen molar-refractivity contribution in [3.05, 3.63) is 36.5 Å². The highest BCUT2D eigenvalue weighted by molar-refractivity contribution is 5.76. The Morgan fingerprint density at radius 1 is 0.346 bits per heavy atom. The molecular weight excluding hydrogens is 995 g/mol. The van der Waals surface area contributed by atoms with Gasteiger partial charge in [0.2, 0.25) is 5.91 Å². The largest absolute Gasteiger partial charge is 0.466 e. The van der Waals surface area contributed by atoms with E-state index in [-0.39, 0.29) is 18.5 Å². The Kier molecular flexibility index (Phi) is 68.9. The number of esters is 1. The molecule has 6 nitrogen and oxygen atoms in total. The van der Waals surface area contributed by atoms with Gasteiger partial charge in [0.25, 0.3) is 0 Å². The monoisotopic (exact) mass is 1140 g/mol. The molecule has 0 aromatic heterocycles. The van der Waals surface area contributed by atoms with Crippen LogP contribution < -0.4 is 5.32 Å². The zero-order chi connectivity index (χ0) is 58.5. The van der Waals surface area contributed by atoms with Crippen molar-refractivity contribution < 1.29 is 24.5 Å². The first kappa shape index (κ1) is 79.1. The number of amides is 1. The second kappa shape index (κ2) is 70.6. The minimum Gasteiger partial charge on any atom is -0.466 e. The Hall–Kier alpha value is -1.92. The number of carbonyl (C=O) groups excluding carboxylic acids is 2. The van der Waals surface area contributed by atoms with Crippen LogP contribution in [-0.4, -0.2) is 47.4 Å². The third kappa shape index (κ3) is 67.1. The van der Waals surface area contributed by atoms with Crippen LogP contribution in [0.3, 0.4) is 0 Å². The van der Waals surface area contributed by atoms with Crippen LogP contribution in [0.25, 0.3) is 0 Å². The van der Waals surface area contributed by atoms with Crippen LogP contribution >= 0.6 is 0 Å². The van der Waals surface area contributed by atoms with Gasteiger partial charge < -0.3 is 20.3 Å². The normalized spacial score (nSPS) is 12.7. The Morgan fingerprint density at radius 2 is 0.617 bits per heavy atom. The average Bonchev–Trinajstić information content (AvgIpc) is 3.47. The van der Waals surface area contributed by atoms with Gasteiger partial charge in [0.1, 0.15) is 0 Å². The Balaban J connectivity index is 3.34. The molecule has 6 heteroatoms. The Labute approximate surface area is 506 Å². The van der Waals surface area contributed by atoms with Crippen molar-refractivity contribution in [3.8, 4) is 0 Å². The third-order valence-electron chi connectivity index (χ3n) is 17.2. The number of unbranched alkanes of at least 4 members (excludes halogenated alkanes) is 52. The number of hydrogen-bond acceptors (Lipinski definition) is 5. The predicted molar refractivity (Wildman–Crippen MR) is 356 cm³/mol. The number of allylic oxidation sites excluding steroid dienone is 6. The van der Waals surface area contributed by atoms with Crippen LogP contribution in [-0.2, 0) is 14.3 Å². The summed E-state index contributed by atoms with van der Waals surface area (Å²) in [6, 6.07) is -0.538. The third-order valence-corrected chi connectivity index (χ3v) is 17.2. The van der Waals surface area contributed by atoms with Gasteiger partial charge in [-0.3, -0.25) is 9.59 Å². The van der Waals surface area contributed by atoms with Gasteiger partial charge in [0.05, 0.1) is 25.4 Å². The van der Waals surface area contributed by atoms with Crippen molar-refractivity contribution >= 4 is 11.9 Å². The lowest BCUT2D eigenvalue weighted by Crippen LogP contribution is -2.45. The van der Waals surface area contributed by atoms with E-state index in [0.717, 1.165) is 51.4 Å². The maximum Gasteiger partial charge on any atom is 0.305 e. The van der Waals surface area contributed by atoms with Crippen LogP contribution in [0.2, 0.25) is 0 Å². The Bertz CT molecular complexity index is 1310. The summed E-state index contributed by atoms with van der Waals surface area (Å²) in [5, 5.41) is 23.3. The molecule has 2 unspecified atom stereocenters. The lowest BCUT2D eigenvalue weighted by atomic mass is 10.0. The molecule has 0 saturated carbocycles. The first-order valence-corrected chi connectivity index (χ1v) is 36.7. The van der Waals surface area contributed by atoms with Crippen LogP contribution in [0.1, 0.15) is 406 Å². The van der Waals surface area contributed by atoms with E-state index in [9.17, 15) is 19.8 Å². The van der Waals surface area contributed by atoms with Crippen LogP contribution in [0.4, 0.5) is 0 Å². The van der Waals surface area contributed by atoms with Crippen LogP contribution in [0.15, 0.2) is 36.5 Å². The standard InChI is InChI=1S/C75H143NO5/c1-3-5-7-9-11-13-15-44-47-51-55-59-63-67-73(78)72(71-77)76-74(79)68-64-60-56-52-48-45-42-40-38-36-34-32-30-28-26-24-22-20-18-17-19-21-23-25-27-29-31-33-35-37-39-41-43-46-50-54-58-62-66-70-81-75(80)69-65-61-57-53-49-16-14-12-10-8-6-4-2/h12,14,17-18,21,23,72-73,77-78H,3-11,13,15-16,19-20,22,24-71H2,1-2H3,(H,76,79)/b14-12-,18-17-,23-21-. The van der Waals surface area contributed by atoms with E-state index >= 15 is 0 Å². The topological polar surface area (TPSA) is 95.9 Å². The molecule has 2 atom stereocenters. The first-order chi connectivity index (χ1) is 40.0. The maximum absolute atomic E-state index is 12.5. The number of nitrogens with one attached hydrogen (secondary N) is 1. The Morgan fingerprint density at radius 3 is 0.975 bits per heavy atom. The van der Waals surface area contributed by atoms with Gasteiger partial charge in [-0.1, -0.05) is 346 Å². The van der Waals surface area contributed by atoms with Crippen molar-refractivity contribution in [1.82, 2.24) is 5.32 Å². The molecule has 0 aliphatic rings. The van der Waals surface area contributed by atoms with E-state index in [1.54, 1.807) is 0 Å². The van der Waals surface area contributed by atoms with E-state index in [4.69, 9.17) is 4.74 Å². The maximum atomic E-state index is 12.5. The first-order valence-electron chi connectivity index (χ1n) is 36.7. The summed E-state index contributed by atoms with van der Waals surface area (Å²) in [5.41, 5.74) is 0. The van der Waals surface area contributed by atoms with Crippen LogP contribution in [0, 0.1) is 0 Å². The van der Waals surface area contributed by atoms with Gasteiger partial charge in [-0.05, 0) is 83.5 Å². The zero-order valence-electron chi connectivity index (χ0n) is 54.8. The van der Waals surface area contributed by atoms with E-state index in [0.29, 0.717) is 25.9 Å². The molecular formula is C75H143NO5. The molecule has 0 radical (unpaired) electrons. The fraction of sp³-hybridized carbons (Fsp3) is 0.893. The minimum atomic E-state index is -0.661. The van der Waals surface area contributed by atoms with Gasteiger partial charge >= 0.3 is 5.97 Å².